The monoisotopic (exact) mass is 316 g/mol. The van der Waals surface area contributed by atoms with Gasteiger partial charge in [0.05, 0.1) is 23.1 Å². The van der Waals surface area contributed by atoms with E-state index in [-0.39, 0.29) is 12.5 Å². The van der Waals surface area contributed by atoms with E-state index in [1.165, 1.54) is 0 Å². The van der Waals surface area contributed by atoms with Crippen molar-refractivity contribution in [2.45, 2.75) is 10.6 Å². The molecule has 0 aliphatic carbocycles. The zero-order chi connectivity index (χ0) is 15.9. The Bertz CT molecular complexity index is 657. The van der Waals surface area contributed by atoms with Crippen LogP contribution in [0.1, 0.15) is 5.56 Å². The van der Waals surface area contributed by atoms with Crippen LogP contribution in [0.4, 0.5) is 5.69 Å². The Kier molecular flexibility index (Phi) is 5.72. The van der Waals surface area contributed by atoms with Crippen molar-refractivity contribution >= 4 is 22.4 Å². The molecule has 0 aliphatic rings. The summed E-state index contributed by atoms with van der Waals surface area (Å²) in [6, 6.07) is 17.1. The first kappa shape index (κ1) is 16.2. The Morgan fingerprint density at radius 2 is 1.82 bits per heavy atom. The van der Waals surface area contributed by atoms with Crippen molar-refractivity contribution in [1.82, 2.24) is 4.90 Å². The Hall–Kier alpha value is -2.14. The van der Waals surface area contributed by atoms with E-state index in [9.17, 15) is 9.00 Å². The number of hydrogen-bond donors (Lipinski definition) is 1. The maximum atomic E-state index is 12.3. The number of likely N-dealkylation sites (N-methyl/N-ethyl adjacent to an activating group) is 1. The molecular formula is C17H20N2O2S. The van der Waals surface area contributed by atoms with Crippen LogP contribution in [0.3, 0.4) is 0 Å². The summed E-state index contributed by atoms with van der Waals surface area (Å²) < 4.78 is 12.3. The lowest BCUT2D eigenvalue weighted by molar-refractivity contribution is -0.126. The predicted molar refractivity (Wildman–Crippen MR) is 90.2 cm³/mol. The SMILES string of the molecule is CN(C)C(=O)CNc1cccc(C[S@@](=O)c2ccccc2)c1. The molecule has 1 amide bonds. The van der Waals surface area contributed by atoms with Crippen molar-refractivity contribution in [3.05, 3.63) is 60.2 Å². The van der Waals surface area contributed by atoms with Crippen LogP contribution in [0, 0.1) is 0 Å². The second kappa shape index (κ2) is 7.75. The third-order valence-electron chi connectivity index (χ3n) is 3.17. The smallest absolute Gasteiger partial charge is 0.241 e. The molecule has 4 nitrogen and oxygen atoms in total. The number of rotatable bonds is 6. The number of carbonyl (C=O) groups is 1. The topological polar surface area (TPSA) is 49.4 Å². The van der Waals surface area contributed by atoms with Crippen LogP contribution in [0.25, 0.3) is 0 Å². The number of amides is 1. The molecule has 0 aromatic heterocycles. The van der Waals surface area contributed by atoms with Crippen molar-refractivity contribution in [3.8, 4) is 0 Å². The van der Waals surface area contributed by atoms with E-state index in [0.717, 1.165) is 16.1 Å². The van der Waals surface area contributed by atoms with Crippen molar-refractivity contribution in [2.24, 2.45) is 0 Å². The zero-order valence-electron chi connectivity index (χ0n) is 12.8. The molecular weight excluding hydrogens is 296 g/mol. The van der Waals surface area contributed by atoms with Crippen LogP contribution in [-0.2, 0) is 21.3 Å². The molecule has 0 bridgehead atoms. The predicted octanol–water partition coefficient (Wildman–Crippen LogP) is 2.49. The molecule has 2 aromatic rings. The van der Waals surface area contributed by atoms with E-state index in [1.54, 1.807) is 19.0 Å². The molecule has 0 unspecified atom stereocenters. The molecule has 0 aliphatic heterocycles. The first-order valence-electron chi connectivity index (χ1n) is 7.02. The average molecular weight is 316 g/mol. The number of benzene rings is 2. The molecule has 1 N–H and O–H groups in total. The van der Waals surface area contributed by atoms with Crippen LogP contribution in [0.15, 0.2) is 59.5 Å². The molecule has 1 atom stereocenters. The van der Waals surface area contributed by atoms with E-state index in [1.807, 2.05) is 54.6 Å². The highest BCUT2D eigenvalue weighted by molar-refractivity contribution is 7.84. The van der Waals surface area contributed by atoms with Crippen LogP contribution >= 0.6 is 0 Å². The van der Waals surface area contributed by atoms with E-state index in [0.29, 0.717) is 5.75 Å². The molecule has 0 saturated heterocycles. The summed E-state index contributed by atoms with van der Waals surface area (Å²) in [4.78, 5) is 13.9. The lowest BCUT2D eigenvalue weighted by Crippen LogP contribution is -2.28. The highest BCUT2D eigenvalue weighted by Gasteiger charge is 2.06. The molecule has 0 heterocycles. The molecule has 2 aromatic carbocycles. The van der Waals surface area contributed by atoms with Gasteiger partial charge in [0.25, 0.3) is 0 Å². The number of anilines is 1. The Balaban J connectivity index is 1.99. The van der Waals surface area contributed by atoms with Gasteiger partial charge in [0.2, 0.25) is 5.91 Å². The fraction of sp³-hybridized carbons (Fsp3) is 0.235. The first-order valence-corrected chi connectivity index (χ1v) is 8.34. The summed E-state index contributed by atoms with van der Waals surface area (Å²) in [6.07, 6.45) is 0. The minimum atomic E-state index is -1.07. The van der Waals surface area contributed by atoms with Crippen LogP contribution in [0.2, 0.25) is 0 Å². The molecule has 22 heavy (non-hydrogen) atoms. The van der Waals surface area contributed by atoms with Gasteiger partial charge in [-0.3, -0.25) is 9.00 Å². The standard InChI is InChI=1S/C17H20N2O2S/c1-19(2)17(20)12-18-15-8-6-7-14(11-15)13-22(21)16-9-4-3-5-10-16/h3-11,18H,12-13H2,1-2H3/t22-/m1/s1. The lowest BCUT2D eigenvalue weighted by Gasteiger charge is -2.12. The van der Waals surface area contributed by atoms with Gasteiger partial charge in [-0.25, -0.2) is 0 Å². The van der Waals surface area contributed by atoms with Gasteiger partial charge in [-0.2, -0.15) is 0 Å². The van der Waals surface area contributed by atoms with Crippen molar-refractivity contribution in [3.63, 3.8) is 0 Å². The molecule has 5 heteroatoms. The average Bonchev–Trinajstić information content (AvgIpc) is 2.53. The Morgan fingerprint density at radius 3 is 2.50 bits per heavy atom. The second-order valence-electron chi connectivity index (χ2n) is 5.15. The van der Waals surface area contributed by atoms with Crippen molar-refractivity contribution in [1.29, 1.82) is 0 Å². The number of hydrogen-bond acceptors (Lipinski definition) is 3. The molecule has 0 fully saturated rings. The first-order chi connectivity index (χ1) is 10.6. The largest absolute Gasteiger partial charge is 0.376 e. The van der Waals surface area contributed by atoms with E-state index < -0.39 is 10.8 Å². The molecule has 2 rings (SSSR count). The van der Waals surface area contributed by atoms with Crippen LogP contribution in [-0.4, -0.2) is 35.7 Å². The summed E-state index contributed by atoms with van der Waals surface area (Å²) in [5, 5.41) is 3.09. The summed E-state index contributed by atoms with van der Waals surface area (Å²) in [7, 11) is 2.39. The fourth-order valence-corrected chi connectivity index (χ4v) is 3.02. The van der Waals surface area contributed by atoms with Crippen molar-refractivity contribution < 1.29 is 9.00 Å². The van der Waals surface area contributed by atoms with Gasteiger partial charge in [0, 0.05) is 24.7 Å². The Morgan fingerprint density at radius 1 is 1.09 bits per heavy atom. The third-order valence-corrected chi connectivity index (χ3v) is 4.57. The minimum absolute atomic E-state index is 0.0123. The van der Waals surface area contributed by atoms with E-state index >= 15 is 0 Å². The quantitative estimate of drug-likeness (QED) is 0.891. The summed E-state index contributed by atoms with van der Waals surface area (Å²) in [5.74, 6) is 0.472. The number of nitrogens with zero attached hydrogens (tertiary/aromatic N) is 1. The van der Waals surface area contributed by atoms with Gasteiger partial charge in [0.1, 0.15) is 0 Å². The van der Waals surface area contributed by atoms with Gasteiger partial charge in [-0.05, 0) is 29.8 Å². The minimum Gasteiger partial charge on any atom is -0.376 e. The molecule has 0 spiro atoms. The zero-order valence-corrected chi connectivity index (χ0v) is 13.6. The maximum absolute atomic E-state index is 12.3. The number of carbonyl (C=O) groups excluding carboxylic acids is 1. The lowest BCUT2D eigenvalue weighted by atomic mass is 10.2. The van der Waals surface area contributed by atoms with Gasteiger partial charge in [-0.1, -0.05) is 30.3 Å². The second-order valence-corrected chi connectivity index (χ2v) is 6.60. The van der Waals surface area contributed by atoms with Crippen LogP contribution in [0.5, 0.6) is 0 Å². The van der Waals surface area contributed by atoms with E-state index in [2.05, 4.69) is 5.32 Å². The van der Waals surface area contributed by atoms with E-state index in [4.69, 9.17) is 0 Å². The highest BCUT2D eigenvalue weighted by atomic mass is 32.2. The van der Waals surface area contributed by atoms with Gasteiger partial charge in [0.15, 0.2) is 0 Å². The number of nitrogens with one attached hydrogen (secondary N) is 1. The van der Waals surface area contributed by atoms with Gasteiger partial charge < -0.3 is 10.2 Å². The van der Waals surface area contributed by atoms with Gasteiger partial charge >= 0.3 is 0 Å². The third kappa shape index (κ3) is 4.70. The summed E-state index contributed by atoms with van der Waals surface area (Å²) >= 11 is 0. The highest BCUT2D eigenvalue weighted by Crippen LogP contribution is 2.15. The molecule has 0 radical (unpaired) electrons. The van der Waals surface area contributed by atoms with Crippen molar-refractivity contribution in [2.75, 3.05) is 26.0 Å². The van der Waals surface area contributed by atoms with Gasteiger partial charge in [-0.15, -0.1) is 0 Å². The maximum Gasteiger partial charge on any atom is 0.241 e. The fourth-order valence-electron chi connectivity index (χ4n) is 1.91. The van der Waals surface area contributed by atoms with Crippen LogP contribution < -0.4 is 5.32 Å². The Labute approximate surface area is 133 Å². The summed E-state index contributed by atoms with van der Waals surface area (Å²) in [5.41, 5.74) is 1.84. The molecule has 0 saturated carbocycles. The molecule has 116 valence electrons. The summed E-state index contributed by atoms with van der Waals surface area (Å²) in [6.45, 7) is 0.248. The normalized spacial score (nSPS) is 11.7.